The molecular weight excluding hydrogens is 485 g/mol. The number of carbonyl (C=O) groups is 2. The molecule has 2 amide bonds. The lowest BCUT2D eigenvalue weighted by molar-refractivity contribution is -0.135. The van der Waals surface area contributed by atoms with E-state index in [0.29, 0.717) is 11.4 Å². The zero-order chi connectivity index (χ0) is 26.2. The molecular formula is C22H25F3N6O3S. The van der Waals surface area contributed by atoms with Gasteiger partial charge >= 0.3 is 6.18 Å². The van der Waals surface area contributed by atoms with E-state index in [1.807, 2.05) is 18.9 Å². The second-order valence-corrected chi connectivity index (χ2v) is 8.38. The van der Waals surface area contributed by atoms with E-state index in [1.165, 1.54) is 6.20 Å². The molecule has 3 N–H and O–H groups in total. The average Bonchev–Trinajstić information content (AvgIpc) is 3.11. The van der Waals surface area contributed by atoms with Gasteiger partial charge in [0.2, 0.25) is 5.91 Å². The molecule has 0 bridgehead atoms. The van der Waals surface area contributed by atoms with E-state index < -0.39 is 29.8 Å². The molecule has 0 aliphatic heterocycles. The molecule has 0 saturated heterocycles. The van der Waals surface area contributed by atoms with E-state index in [0.717, 1.165) is 22.4 Å². The number of halogens is 3. The van der Waals surface area contributed by atoms with Crippen molar-refractivity contribution in [3.63, 3.8) is 0 Å². The Balaban J connectivity index is 2.34. The number of aromatic nitrogens is 1. The number of benzene rings is 1. The molecule has 2 rings (SSSR count). The zero-order valence-corrected chi connectivity index (χ0v) is 20.1. The summed E-state index contributed by atoms with van der Waals surface area (Å²) in [4.78, 5) is 38.8. The van der Waals surface area contributed by atoms with Gasteiger partial charge in [0.05, 0.1) is 6.54 Å². The van der Waals surface area contributed by atoms with Gasteiger partial charge in [-0.1, -0.05) is 13.0 Å². The van der Waals surface area contributed by atoms with Gasteiger partial charge in [-0.2, -0.15) is 18.4 Å². The molecule has 35 heavy (non-hydrogen) atoms. The Hall–Kier alpha value is -3.63. The van der Waals surface area contributed by atoms with Crippen molar-refractivity contribution in [2.45, 2.75) is 26.6 Å². The molecule has 1 aromatic carbocycles. The van der Waals surface area contributed by atoms with E-state index in [-0.39, 0.29) is 28.2 Å². The number of nitriles is 1. The van der Waals surface area contributed by atoms with Crippen LogP contribution in [0.15, 0.2) is 29.1 Å². The molecule has 1 aromatic heterocycles. The third-order valence-electron chi connectivity index (χ3n) is 4.70. The highest BCUT2D eigenvalue weighted by atomic mass is 32.1. The van der Waals surface area contributed by atoms with E-state index in [9.17, 15) is 32.8 Å². The lowest BCUT2D eigenvalue weighted by atomic mass is 10.2. The molecule has 0 unspecified atom stereocenters. The summed E-state index contributed by atoms with van der Waals surface area (Å²) < 4.78 is 38.5. The summed E-state index contributed by atoms with van der Waals surface area (Å²) in [6.07, 6.45) is -3.27. The minimum Gasteiger partial charge on any atom is -0.360 e. The van der Waals surface area contributed by atoms with Gasteiger partial charge in [0.25, 0.3) is 11.5 Å². The highest BCUT2D eigenvalue weighted by Crippen LogP contribution is 2.15. The van der Waals surface area contributed by atoms with E-state index in [2.05, 4.69) is 10.6 Å². The minimum absolute atomic E-state index is 0.0474. The van der Waals surface area contributed by atoms with Crippen molar-refractivity contribution < 1.29 is 22.8 Å². The number of rotatable bonds is 9. The molecule has 0 radical (unpaired) electrons. The van der Waals surface area contributed by atoms with Gasteiger partial charge in [0.15, 0.2) is 5.57 Å². The predicted molar refractivity (Wildman–Crippen MR) is 128 cm³/mol. The number of carbonyl (C=O) groups excluding carboxylic acids is 2. The van der Waals surface area contributed by atoms with Crippen molar-refractivity contribution in [3.8, 4) is 6.07 Å². The topological polar surface area (TPSA) is 119 Å². The summed E-state index contributed by atoms with van der Waals surface area (Å²) in [5, 5.41) is 16.7. The molecule has 0 saturated carbocycles. The van der Waals surface area contributed by atoms with Crippen molar-refractivity contribution in [2.75, 3.05) is 37.3 Å². The molecule has 0 atom stereocenters. The Morgan fingerprint density at radius 3 is 2.54 bits per heavy atom. The van der Waals surface area contributed by atoms with Crippen LogP contribution in [0.2, 0.25) is 0 Å². The minimum atomic E-state index is -4.64. The second-order valence-electron chi connectivity index (χ2n) is 7.35. The number of hydrogen-bond acceptors (Lipinski definition) is 7. The van der Waals surface area contributed by atoms with Crippen molar-refractivity contribution >= 4 is 46.3 Å². The Labute approximate surface area is 203 Å². The number of thiazole rings is 1. The van der Waals surface area contributed by atoms with Crippen LogP contribution in [0.1, 0.15) is 13.8 Å². The van der Waals surface area contributed by atoms with Crippen LogP contribution in [0.4, 0.5) is 24.5 Å². The molecule has 0 fully saturated rings. The average molecular weight is 511 g/mol. The summed E-state index contributed by atoms with van der Waals surface area (Å²) in [5.41, 5.74) is -0.00309. The Bertz CT molecular complexity index is 1290. The first-order valence-corrected chi connectivity index (χ1v) is 11.3. The molecule has 9 nitrogen and oxygen atoms in total. The van der Waals surface area contributed by atoms with E-state index >= 15 is 0 Å². The SMILES string of the molecule is CCN(C)CC(=O)Nc1cccc(NC=c2sc(=C(C#N)C(=O)NCC(F)(F)F)n(CC)c2=O)c1. The molecule has 0 spiro atoms. The first-order chi connectivity index (χ1) is 16.5. The first-order valence-electron chi connectivity index (χ1n) is 10.5. The summed E-state index contributed by atoms with van der Waals surface area (Å²) in [7, 11) is 1.82. The van der Waals surface area contributed by atoms with Gasteiger partial charge in [-0.15, -0.1) is 11.3 Å². The maximum atomic E-state index is 12.8. The van der Waals surface area contributed by atoms with Crippen LogP contribution in [0.5, 0.6) is 0 Å². The van der Waals surface area contributed by atoms with Crippen molar-refractivity contribution in [3.05, 3.63) is 43.8 Å². The fourth-order valence-electron chi connectivity index (χ4n) is 2.85. The molecule has 188 valence electrons. The van der Waals surface area contributed by atoms with Gasteiger partial charge in [-0.05, 0) is 38.7 Å². The van der Waals surface area contributed by atoms with Crippen LogP contribution in [-0.2, 0) is 16.1 Å². The normalized spacial score (nSPS) is 12.8. The quantitative estimate of drug-likeness (QED) is 0.464. The molecule has 1 heterocycles. The van der Waals surface area contributed by atoms with Crippen LogP contribution in [0.3, 0.4) is 0 Å². The number of hydrogen-bond donors (Lipinski definition) is 3. The number of alkyl halides is 3. The monoisotopic (exact) mass is 510 g/mol. The van der Waals surface area contributed by atoms with Crippen LogP contribution < -0.4 is 30.7 Å². The standard InChI is InChI=1S/C22H25F3N6O3S/c1-4-30(3)12-18(32)29-15-8-6-7-14(9-15)27-11-17-20(34)31(5-2)21(35-17)16(10-26)19(33)28-13-22(23,24)25/h6-9,11,27H,4-5,12-13H2,1-3H3,(H,28,33)(H,29,32). The third kappa shape index (κ3) is 7.97. The van der Waals surface area contributed by atoms with Crippen LogP contribution in [0.25, 0.3) is 11.8 Å². The Morgan fingerprint density at radius 2 is 1.94 bits per heavy atom. The van der Waals surface area contributed by atoms with Crippen LogP contribution in [-0.4, -0.2) is 54.1 Å². The van der Waals surface area contributed by atoms with Crippen molar-refractivity contribution in [2.24, 2.45) is 0 Å². The van der Waals surface area contributed by atoms with Gasteiger partial charge < -0.3 is 16.0 Å². The van der Waals surface area contributed by atoms with Crippen LogP contribution in [0, 0.1) is 11.3 Å². The Kier molecular flexibility index (Phi) is 9.61. The third-order valence-corrected chi connectivity index (χ3v) is 5.83. The molecule has 0 aliphatic carbocycles. The number of likely N-dealkylation sites (N-methyl/N-ethyl adjacent to an activating group) is 1. The van der Waals surface area contributed by atoms with Gasteiger partial charge in [0, 0.05) is 24.1 Å². The van der Waals surface area contributed by atoms with Gasteiger partial charge in [-0.25, -0.2) is 0 Å². The number of anilines is 2. The molecule has 2 aromatic rings. The fourth-order valence-corrected chi connectivity index (χ4v) is 3.94. The lowest BCUT2D eigenvalue weighted by Gasteiger charge is -2.13. The van der Waals surface area contributed by atoms with Crippen molar-refractivity contribution in [1.82, 2.24) is 14.8 Å². The maximum Gasteiger partial charge on any atom is 0.405 e. The van der Waals surface area contributed by atoms with E-state index in [1.54, 1.807) is 42.6 Å². The summed E-state index contributed by atoms with van der Waals surface area (Å²) >= 11 is 0.804. The molecule has 0 aliphatic rings. The van der Waals surface area contributed by atoms with Crippen molar-refractivity contribution in [1.29, 1.82) is 5.26 Å². The summed E-state index contributed by atoms with van der Waals surface area (Å²) in [5.74, 6) is -1.41. The summed E-state index contributed by atoms with van der Waals surface area (Å²) in [6.45, 7) is 2.99. The number of amides is 2. The smallest absolute Gasteiger partial charge is 0.360 e. The lowest BCUT2D eigenvalue weighted by Crippen LogP contribution is -2.37. The molecule has 13 heteroatoms. The highest BCUT2D eigenvalue weighted by Gasteiger charge is 2.28. The second kappa shape index (κ2) is 12.2. The maximum absolute atomic E-state index is 12.8. The largest absolute Gasteiger partial charge is 0.405 e. The van der Waals surface area contributed by atoms with Crippen LogP contribution >= 0.6 is 11.3 Å². The number of nitrogens with one attached hydrogen (secondary N) is 3. The Morgan fingerprint density at radius 1 is 1.26 bits per heavy atom. The highest BCUT2D eigenvalue weighted by molar-refractivity contribution is 7.07. The van der Waals surface area contributed by atoms with Gasteiger partial charge in [-0.3, -0.25) is 23.9 Å². The number of nitrogens with zero attached hydrogens (tertiary/aromatic N) is 3. The predicted octanol–water partition coefficient (Wildman–Crippen LogP) is 1.02. The zero-order valence-electron chi connectivity index (χ0n) is 19.3. The first kappa shape index (κ1) is 27.6. The fraction of sp³-hybridized carbons (Fsp3) is 0.364. The summed E-state index contributed by atoms with van der Waals surface area (Å²) in [6, 6.07) is 8.36. The van der Waals surface area contributed by atoms with Gasteiger partial charge in [0.1, 0.15) is 21.8 Å². The van der Waals surface area contributed by atoms with E-state index in [4.69, 9.17) is 0 Å².